The van der Waals surface area contributed by atoms with Crippen LogP contribution in [0.4, 0.5) is 5.69 Å². The zero-order valence-electron chi connectivity index (χ0n) is 16.2. The Bertz CT molecular complexity index is 1340. The maximum atomic E-state index is 13.0. The van der Waals surface area contributed by atoms with Crippen molar-refractivity contribution in [3.63, 3.8) is 0 Å². The van der Waals surface area contributed by atoms with E-state index in [1.54, 1.807) is 37.3 Å². The highest BCUT2D eigenvalue weighted by Crippen LogP contribution is 2.33. The number of fused-ring (bicyclic) bond motifs is 3. The van der Waals surface area contributed by atoms with Crippen LogP contribution in [0.25, 0.3) is 21.8 Å². The topological polar surface area (TPSA) is 84.3 Å². The molecule has 0 saturated carbocycles. The second kappa shape index (κ2) is 6.98. The summed E-state index contributed by atoms with van der Waals surface area (Å²) in [5, 5.41) is 4.23. The first-order chi connectivity index (χ1) is 13.8. The van der Waals surface area contributed by atoms with Gasteiger partial charge in [0.2, 0.25) is 0 Å². The van der Waals surface area contributed by atoms with Crippen molar-refractivity contribution in [2.24, 2.45) is 0 Å². The fourth-order valence-corrected chi connectivity index (χ4v) is 4.56. The Labute approximate surface area is 168 Å². The summed E-state index contributed by atoms with van der Waals surface area (Å²) in [6, 6.07) is 18.0. The van der Waals surface area contributed by atoms with Crippen LogP contribution >= 0.6 is 0 Å². The van der Waals surface area contributed by atoms with Crippen molar-refractivity contribution < 1.29 is 13.2 Å². The Hall–Kier alpha value is -3.23. The van der Waals surface area contributed by atoms with E-state index >= 15 is 0 Å². The molecule has 0 unspecified atom stereocenters. The van der Waals surface area contributed by atoms with E-state index in [0.29, 0.717) is 27.8 Å². The number of hydrogen-bond acceptors (Lipinski definition) is 4. The summed E-state index contributed by atoms with van der Waals surface area (Å²) in [5.74, 6) is -0.353. The third-order valence-corrected chi connectivity index (χ3v) is 6.50. The van der Waals surface area contributed by atoms with Crippen LogP contribution in [0.15, 0.2) is 60.7 Å². The van der Waals surface area contributed by atoms with E-state index in [4.69, 9.17) is 0 Å². The largest absolute Gasteiger partial charge is 0.321 e. The van der Waals surface area contributed by atoms with Crippen LogP contribution in [-0.2, 0) is 10.2 Å². The molecule has 4 aromatic rings. The molecule has 8 heteroatoms. The molecule has 0 aliphatic heterocycles. The van der Waals surface area contributed by atoms with Crippen molar-refractivity contribution in [2.45, 2.75) is 6.92 Å². The SMILES string of the molecule is Cc1nc(C(=O)Nc2ccccc2)cc2c3ccccc3n(S(=O)(=O)N(C)C)c12. The molecule has 1 amide bonds. The lowest BCUT2D eigenvalue weighted by atomic mass is 10.1. The number of carbonyl (C=O) groups excluding carboxylic acids is 1. The lowest BCUT2D eigenvalue weighted by Gasteiger charge is -2.15. The van der Waals surface area contributed by atoms with Gasteiger partial charge in [-0.25, -0.2) is 8.96 Å². The third-order valence-electron chi connectivity index (χ3n) is 4.74. The molecule has 0 fully saturated rings. The van der Waals surface area contributed by atoms with Gasteiger partial charge in [-0.1, -0.05) is 36.4 Å². The Morgan fingerprint density at radius 1 is 1.00 bits per heavy atom. The van der Waals surface area contributed by atoms with Crippen LogP contribution in [0, 0.1) is 6.92 Å². The highest BCUT2D eigenvalue weighted by Gasteiger charge is 2.25. The second-order valence-corrected chi connectivity index (χ2v) is 8.87. The summed E-state index contributed by atoms with van der Waals surface area (Å²) in [5.41, 5.74) is 2.36. The van der Waals surface area contributed by atoms with Gasteiger partial charge in [-0.3, -0.25) is 4.79 Å². The Balaban J connectivity index is 1.96. The minimum atomic E-state index is -3.78. The van der Waals surface area contributed by atoms with Gasteiger partial charge in [-0.15, -0.1) is 0 Å². The number of aryl methyl sites for hydroxylation is 1. The molecule has 7 nitrogen and oxygen atoms in total. The lowest BCUT2D eigenvalue weighted by molar-refractivity contribution is 0.102. The predicted molar refractivity (Wildman–Crippen MR) is 114 cm³/mol. The summed E-state index contributed by atoms with van der Waals surface area (Å²) in [6.07, 6.45) is 0. The van der Waals surface area contributed by atoms with Crippen molar-refractivity contribution in [1.82, 2.24) is 13.3 Å². The first kappa shape index (κ1) is 19.1. The molecule has 1 N–H and O–H groups in total. The number of anilines is 1. The highest BCUT2D eigenvalue weighted by molar-refractivity contribution is 7.87. The summed E-state index contributed by atoms with van der Waals surface area (Å²) >= 11 is 0. The van der Waals surface area contributed by atoms with E-state index < -0.39 is 10.2 Å². The number of aromatic nitrogens is 2. The molecule has 0 aliphatic carbocycles. The molecule has 0 bridgehead atoms. The monoisotopic (exact) mass is 408 g/mol. The first-order valence-electron chi connectivity index (χ1n) is 9.01. The summed E-state index contributed by atoms with van der Waals surface area (Å²) in [7, 11) is -0.808. The minimum absolute atomic E-state index is 0.226. The number of carbonyl (C=O) groups is 1. The second-order valence-electron chi connectivity index (χ2n) is 6.88. The van der Waals surface area contributed by atoms with Crippen molar-refractivity contribution in [2.75, 3.05) is 19.4 Å². The maximum Gasteiger partial charge on any atom is 0.308 e. The highest BCUT2D eigenvalue weighted by atomic mass is 32.2. The zero-order valence-corrected chi connectivity index (χ0v) is 17.1. The number of hydrogen-bond donors (Lipinski definition) is 1. The van der Waals surface area contributed by atoms with E-state index in [0.717, 1.165) is 9.69 Å². The van der Waals surface area contributed by atoms with Gasteiger partial charge in [-0.05, 0) is 31.2 Å². The standard InChI is InChI=1S/C21H20N4O3S/c1-14-20-17(13-18(22-14)21(26)23-15-9-5-4-6-10-15)16-11-7-8-12-19(16)25(20)29(27,28)24(2)3/h4-13H,1-3H3,(H,23,26). The molecule has 2 aromatic carbocycles. The molecule has 29 heavy (non-hydrogen) atoms. The molecule has 0 spiro atoms. The van der Waals surface area contributed by atoms with Crippen molar-refractivity contribution in [3.05, 3.63) is 72.1 Å². The number of para-hydroxylation sites is 2. The summed E-state index contributed by atoms with van der Waals surface area (Å²) < 4.78 is 28.5. The van der Waals surface area contributed by atoms with E-state index in [1.165, 1.54) is 18.1 Å². The van der Waals surface area contributed by atoms with Crippen LogP contribution in [-0.4, -0.2) is 41.7 Å². The predicted octanol–water partition coefficient (Wildman–Crippen LogP) is 3.40. The van der Waals surface area contributed by atoms with Gasteiger partial charge in [0, 0.05) is 30.6 Å². The van der Waals surface area contributed by atoms with Gasteiger partial charge in [-0.2, -0.15) is 12.7 Å². The van der Waals surface area contributed by atoms with Crippen molar-refractivity contribution >= 4 is 43.6 Å². The van der Waals surface area contributed by atoms with Crippen LogP contribution in [0.3, 0.4) is 0 Å². The normalized spacial score (nSPS) is 12.0. The zero-order chi connectivity index (χ0) is 20.8. The first-order valence-corrected chi connectivity index (χ1v) is 10.4. The Kier molecular flexibility index (Phi) is 4.60. The van der Waals surface area contributed by atoms with E-state index in [-0.39, 0.29) is 11.6 Å². The third kappa shape index (κ3) is 3.16. The number of amides is 1. The smallest absolute Gasteiger partial charge is 0.308 e. The molecule has 4 rings (SSSR count). The molecule has 0 radical (unpaired) electrons. The molecular weight excluding hydrogens is 388 g/mol. The van der Waals surface area contributed by atoms with Crippen LogP contribution in [0.1, 0.15) is 16.2 Å². The van der Waals surface area contributed by atoms with E-state index in [1.807, 2.05) is 30.3 Å². The molecule has 0 saturated heterocycles. The maximum absolute atomic E-state index is 13.0. The van der Waals surface area contributed by atoms with Gasteiger partial charge in [0.25, 0.3) is 5.91 Å². The van der Waals surface area contributed by atoms with Crippen LogP contribution < -0.4 is 5.32 Å². The molecule has 0 atom stereocenters. The quantitative estimate of drug-likeness (QED) is 0.561. The van der Waals surface area contributed by atoms with Crippen LogP contribution in [0.5, 0.6) is 0 Å². The molecule has 0 aliphatic rings. The average molecular weight is 408 g/mol. The molecule has 2 aromatic heterocycles. The summed E-state index contributed by atoms with van der Waals surface area (Å²) in [4.78, 5) is 17.2. The lowest BCUT2D eigenvalue weighted by Crippen LogP contribution is -2.29. The fourth-order valence-electron chi connectivity index (χ4n) is 3.36. The van der Waals surface area contributed by atoms with Crippen molar-refractivity contribution in [1.29, 1.82) is 0 Å². The molecular formula is C21H20N4O3S. The number of nitrogens with one attached hydrogen (secondary N) is 1. The van der Waals surface area contributed by atoms with Gasteiger partial charge in [0.15, 0.2) is 0 Å². The Morgan fingerprint density at radius 3 is 2.34 bits per heavy atom. The van der Waals surface area contributed by atoms with Gasteiger partial charge < -0.3 is 5.32 Å². The minimum Gasteiger partial charge on any atom is -0.321 e. The van der Waals surface area contributed by atoms with E-state index in [2.05, 4.69) is 10.3 Å². The summed E-state index contributed by atoms with van der Waals surface area (Å²) in [6.45, 7) is 1.71. The average Bonchev–Trinajstić information content (AvgIpc) is 3.04. The van der Waals surface area contributed by atoms with Gasteiger partial charge >= 0.3 is 10.2 Å². The van der Waals surface area contributed by atoms with Crippen LogP contribution in [0.2, 0.25) is 0 Å². The molecule has 148 valence electrons. The van der Waals surface area contributed by atoms with Gasteiger partial charge in [0.1, 0.15) is 5.69 Å². The molecule has 2 heterocycles. The number of rotatable bonds is 4. The number of benzene rings is 2. The van der Waals surface area contributed by atoms with E-state index in [9.17, 15) is 13.2 Å². The Morgan fingerprint density at radius 2 is 1.66 bits per heavy atom. The van der Waals surface area contributed by atoms with Crippen molar-refractivity contribution in [3.8, 4) is 0 Å². The number of nitrogens with zero attached hydrogens (tertiary/aromatic N) is 3. The fraction of sp³-hybridized carbons (Fsp3) is 0.143. The number of pyridine rings is 1. The van der Waals surface area contributed by atoms with Gasteiger partial charge in [0.05, 0.1) is 16.7 Å².